The molecule has 1 aromatic rings. The molecule has 3 fully saturated rings. The molecule has 9 nitrogen and oxygen atoms in total. The van der Waals surface area contributed by atoms with Crippen molar-refractivity contribution < 1.29 is 4.79 Å². The molecule has 2 saturated heterocycles. The first kappa shape index (κ1) is 22.0. The summed E-state index contributed by atoms with van der Waals surface area (Å²) in [4.78, 5) is 24.2. The van der Waals surface area contributed by atoms with E-state index in [-0.39, 0.29) is 0 Å². The molecule has 31 heavy (non-hydrogen) atoms. The van der Waals surface area contributed by atoms with Crippen molar-refractivity contribution in [3.63, 3.8) is 0 Å². The first-order chi connectivity index (χ1) is 15.2. The van der Waals surface area contributed by atoms with E-state index in [0.29, 0.717) is 25.0 Å². The van der Waals surface area contributed by atoms with E-state index < -0.39 is 0 Å². The molecule has 9 heteroatoms. The van der Waals surface area contributed by atoms with Gasteiger partial charge in [0.1, 0.15) is 12.2 Å². The van der Waals surface area contributed by atoms with Crippen LogP contribution in [0.15, 0.2) is 11.3 Å². The van der Waals surface area contributed by atoms with Gasteiger partial charge in [0.2, 0.25) is 5.91 Å². The van der Waals surface area contributed by atoms with E-state index in [4.69, 9.17) is 4.99 Å². The molecule has 0 atom stereocenters. The highest BCUT2D eigenvalue weighted by Crippen LogP contribution is 2.18. The summed E-state index contributed by atoms with van der Waals surface area (Å²) in [5.41, 5.74) is 0. The number of aliphatic imine (C=N–C) groups is 1. The van der Waals surface area contributed by atoms with Crippen molar-refractivity contribution in [1.29, 1.82) is 0 Å². The average Bonchev–Trinajstić information content (AvgIpc) is 3.56. The molecule has 1 aliphatic carbocycles. The van der Waals surface area contributed by atoms with Crippen LogP contribution in [0.25, 0.3) is 0 Å². The summed E-state index contributed by atoms with van der Waals surface area (Å²) < 4.78 is 2.10. The van der Waals surface area contributed by atoms with E-state index in [1.165, 1.54) is 25.7 Å². The van der Waals surface area contributed by atoms with Gasteiger partial charge in [-0.15, -0.1) is 10.2 Å². The summed E-state index contributed by atoms with van der Waals surface area (Å²) in [5, 5.41) is 11.9. The van der Waals surface area contributed by atoms with Crippen LogP contribution >= 0.6 is 0 Å². The maximum atomic E-state index is 12.5. The third-order valence-electron chi connectivity index (χ3n) is 6.79. The van der Waals surface area contributed by atoms with Crippen molar-refractivity contribution in [2.24, 2.45) is 4.99 Å². The summed E-state index contributed by atoms with van der Waals surface area (Å²) in [6, 6.07) is 0.537. The number of amides is 1. The Bertz CT molecular complexity index is 728. The van der Waals surface area contributed by atoms with Crippen LogP contribution in [-0.4, -0.2) is 99.7 Å². The van der Waals surface area contributed by atoms with Gasteiger partial charge in [-0.2, -0.15) is 0 Å². The first-order valence-electron chi connectivity index (χ1n) is 12.2. The lowest BCUT2D eigenvalue weighted by Gasteiger charge is -2.37. The highest BCUT2D eigenvalue weighted by atomic mass is 16.2. The number of aryl methyl sites for hydroxylation is 1. The first-order valence-corrected chi connectivity index (χ1v) is 12.2. The number of likely N-dealkylation sites (tertiary alicyclic amines) is 1. The van der Waals surface area contributed by atoms with Gasteiger partial charge in [-0.25, -0.2) is 0 Å². The molecule has 0 radical (unpaired) electrons. The SMILES string of the molecule is CCc1nncn1CCN=C(NC1CCCC1)N1CCN(CC(=O)N2CCCC2)CC1. The van der Waals surface area contributed by atoms with E-state index >= 15 is 0 Å². The third kappa shape index (κ3) is 5.96. The molecule has 1 N–H and O–H groups in total. The van der Waals surface area contributed by atoms with Crippen molar-refractivity contribution in [2.75, 3.05) is 52.4 Å². The summed E-state index contributed by atoms with van der Waals surface area (Å²) in [7, 11) is 0. The van der Waals surface area contributed by atoms with Crippen LogP contribution in [0.5, 0.6) is 0 Å². The summed E-state index contributed by atoms with van der Waals surface area (Å²) in [6.07, 6.45) is 10.1. The normalized spacial score (nSPS) is 21.3. The zero-order valence-electron chi connectivity index (χ0n) is 19.0. The second-order valence-corrected chi connectivity index (χ2v) is 8.98. The minimum atomic E-state index is 0.296. The van der Waals surface area contributed by atoms with Crippen molar-refractivity contribution in [3.05, 3.63) is 12.2 Å². The standard InChI is InChI=1S/C22H38N8O/c1-2-20-26-24-18-30(20)12-9-23-22(25-19-7-3-4-8-19)29-15-13-27(14-16-29)17-21(31)28-10-5-6-11-28/h18-19H,2-17H2,1H3,(H,23,25). The minimum absolute atomic E-state index is 0.296. The molecule has 3 aliphatic rings. The van der Waals surface area contributed by atoms with E-state index in [2.05, 4.69) is 36.8 Å². The highest BCUT2D eigenvalue weighted by molar-refractivity contribution is 5.81. The van der Waals surface area contributed by atoms with E-state index in [1.807, 2.05) is 4.90 Å². The van der Waals surface area contributed by atoms with Crippen LogP contribution < -0.4 is 5.32 Å². The van der Waals surface area contributed by atoms with Gasteiger partial charge in [-0.1, -0.05) is 19.8 Å². The molecule has 172 valence electrons. The van der Waals surface area contributed by atoms with E-state index in [0.717, 1.165) is 76.9 Å². The molecule has 1 aromatic heterocycles. The monoisotopic (exact) mass is 430 g/mol. The largest absolute Gasteiger partial charge is 0.354 e. The smallest absolute Gasteiger partial charge is 0.236 e. The van der Waals surface area contributed by atoms with E-state index in [1.54, 1.807) is 6.33 Å². The Morgan fingerprint density at radius 1 is 1.06 bits per heavy atom. The third-order valence-corrected chi connectivity index (χ3v) is 6.79. The number of guanidine groups is 1. The van der Waals surface area contributed by atoms with Crippen molar-refractivity contribution in [3.8, 4) is 0 Å². The number of aromatic nitrogens is 3. The van der Waals surface area contributed by atoms with Gasteiger partial charge in [0.05, 0.1) is 13.1 Å². The van der Waals surface area contributed by atoms with Crippen LogP contribution in [-0.2, 0) is 17.8 Å². The van der Waals surface area contributed by atoms with Crippen LogP contribution in [0, 0.1) is 0 Å². The molecule has 4 rings (SSSR count). The fraction of sp³-hybridized carbons (Fsp3) is 0.818. The highest BCUT2D eigenvalue weighted by Gasteiger charge is 2.26. The molecule has 3 heterocycles. The molecule has 0 aromatic carbocycles. The minimum Gasteiger partial charge on any atom is -0.354 e. The number of nitrogens with zero attached hydrogens (tertiary/aromatic N) is 7. The van der Waals surface area contributed by atoms with Gasteiger partial charge in [-0.05, 0) is 25.7 Å². The van der Waals surface area contributed by atoms with Crippen molar-refractivity contribution in [1.82, 2.24) is 34.8 Å². The molecule has 0 unspecified atom stereocenters. The quantitative estimate of drug-likeness (QED) is 0.513. The molecular formula is C22H38N8O. The maximum Gasteiger partial charge on any atom is 0.236 e. The molecule has 0 spiro atoms. The topological polar surface area (TPSA) is 81.9 Å². The van der Waals surface area contributed by atoms with Crippen molar-refractivity contribution in [2.45, 2.75) is 64.5 Å². The Hall–Kier alpha value is -2.16. The van der Waals surface area contributed by atoms with Crippen LogP contribution in [0.2, 0.25) is 0 Å². The Labute approximate surface area is 185 Å². The second kappa shape index (κ2) is 10.9. The zero-order valence-corrected chi connectivity index (χ0v) is 19.0. The number of hydrogen-bond acceptors (Lipinski definition) is 5. The van der Waals surface area contributed by atoms with Crippen LogP contribution in [0.1, 0.15) is 51.3 Å². The molecular weight excluding hydrogens is 392 g/mol. The molecule has 1 amide bonds. The number of nitrogens with one attached hydrogen (secondary N) is 1. The maximum absolute atomic E-state index is 12.5. The van der Waals surface area contributed by atoms with Gasteiger partial charge in [0.15, 0.2) is 5.96 Å². The number of carbonyl (C=O) groups excluding carboxylic acids is 1. The molecule has 2 aliphatic heterocycles. The Balaban J connectivity index is 1.31. The van der Waals surface area contributed by atoms with Gasteiger partial charge < -0.3 is 19.7 Å². The van der Waals surface area contributed by atoms with Gasteiger partial charge in [0.25, 0.3) is 0 Å². The van der Waals surface area contributed by atoms with Crippen LogP contribution in [0.4, 0.5) is 0 Å². The number of piperazine rings is 1. The Kier molecular flexibility index (Phi) is 7.77. The zero-order chi connectivity index (χ0) is 21.5. The number of carbonyl (C=O) groups is 1. The van der Waals surface area contributed by atoms with Gasteiger partial charge in [0, 0.05) is 58.3 Å². The second-order valence-electron chi connectivity index (χ2n) is 8.98. The fourth-order valence-electron chi connectivity index (χ4n) is 4.87. The lowest BCUT2D eigenvalue weighted by molar-refractivity contribution is -0.131. The lowest BCUT2D eigenvalue weighted by atomic mass is 10.2. The molecule has 1 saturated carbocycles. The predicted molar refractivity (Wildman–Crippen MR) is 121 cm³/mol. The summed E-state index contributed by atoms with van der Waals surface area (Å²) in [6.45, 7) is 9.71. The van der Waals surface area contributed by atoms with Gasteiger partial charge in [-0.3, -0.25) is 14.7 Å². The van der Waals surface area contributed by atoms with Crippen molar-refractivity contribution >= 4 is 11.9 Å². The number of rotatable bonds is 7. The van der Waals surface area contributed by atoms with Gasteiger partial charge >= 0.3 is 0 Å². The Morgan fingerprint density at radius 3 is 2.52 bits per heavy atom. The fourth-order valence-corrected chi connectivity index (χ4v) is 4.87. The molecule has 0 bridgehead atoms. The summed E-state index contributed by atoms with van der Waals surface area (Å²) >= 11 is 0. The average molecular weight is 431 g/mol. The number of hydrogen-bond donors (Lipinski definition) is 1. The van der Waals surface area contributed by atoms with Crippen LogP contribution in [0.3, 0.4) is 0 Å². The summed E-state index contributed by atoms with van der Waals surface area (Å²) in [5.74, 6) is 2.34. The van der Waals surface area contributed by atoms with E-state index in [9.17, 15) is 4.79 Å². The predicted octanol–water partition coefficient (Wildman–Crippen LogP) is 0.969. The lowest BCUT2D eigenvalue weighted by Crippen LogP contribution is -2.55. The Morgan fingerprint density at radius 2 is 1.81 bits per heavy atom.